The van der Waals surface area contributed by atoms with Crippen molar-refractivity contribution in [2.24, 2.45) is 0 Å². The van der Waals surface area contributed by atoms with Crippen LogP contribution < -0.4 is 15.0 Å². The fourth-order valence-electron chi connectivity index (χ4n) is 3.39. The van der Waals surface area contributed by atoms with Gasteiger partial charge in [0.1, 0.15) is 11.3 Å². The van der Waals surface area contributed by atoms with Crippen LogP contribution >= 0.6 is 0 Å². The van der Waals surface area contributed by atoms with Crippen LogP contribution in [0.1, 0.15) is 44.0 Å². The first-order valence-corrected chi connectivity index (χ1v) is 12.1. The lowest BCUT2D eigenvalue weighted by Crippen LogP contribution is -2.39. The normalized spacial score (nSPS) is 17.0. The van der Waals surface area contributed by atoms with E-state index in [1.54, 1.807) is 19.1 Å². The number of rotatable bonds is 7. The van der Waals surface area contributed by atoms with Crippen LogP contribution in [0.3, 0.4) is 0 Å². The molecule has 1 saturated heterocycles. The number of hydrogen-bond acceptors (Lipinski definition) is 7. The second-order valence-electron chi connectivity index (χ2n) is 8.29. The Morgan fingerprint density at radius 1 is 1.29 bits per heavy atom. The Morgan fingerprint density at radius 2 is 2.00 bits per heavy atom. The molecule has 0 radical (unpaired) electrons. The van der Waals surface area contributed by atoms with Gasteiger partial charge in [0.25, 0.3) is 5.91 Å². The predicted molar refractivity (Wildman–Crippen MR) is 120 cm³/mol. The van der Waals surface area contributed by atoms with Gasteiger partial charge in [-0.25, -0.2) is 13.4 Å². The monoisotopic (exact) mass is 444 g/mol. The summed E-state index contributed by atoms with van der Waals surface area (Å²) in [5.41, 5.74) is 0.0860. The molecule has 2 heterocycles. The number of sulfone groups is 1. The van der Waals surface area contributed by atoms with Gasteiger partial charge in [0, 0.05) is 36.0 Å². The maximum atomic E-state index is 12.9. The van der Waals surface area contributed by atoms with Gasteiger partial charge in [-0.1, -0.05) is 24.3 Å². The third kappa shape index (κ3) is 6.04. The molecule has 166 valence electrons. The summed E-state index contributed by atoms with van der Waals surface area (Å²) in [7, 11) is -3.28. The van der Waals surface area contributed by atoms with Crippen LogP contribution in [0.5, 0.6) is 11.6 Å². The van der Waals surface area contributed by atoms with Crippen LogP contribution in [0.4, 0.5) is 5.95 Å². The zero-order valence-electron chi connectivity index (χ0n) is 18.2. The number of amides is 1. The molecular weight excluding hydrogens is 416 g/mol. The topological polar surface area (TPSA) is 101 Å². The number of carbonyl (C=O) groups is 1. The molecule has 9 heteroatoms. The van der Waals surface area contributed by atoms with E-state index in [0.29, 0.717) is 11.7 Å². The van der Waals surface area contributed by atoms with E-state index in [9.17, 15) is 13.2 Å². The minimum atomic E-state index is -3.28. The van der Waals surface area contributed by atoms with Crippen molar-refractivity contribution < 1.29 is 17.9 Å². The Balaban J connectivity index is 1.91. The van der Waals surface area contributed by atoms with E-state index < -0.39 is 21.8 Å². The quantitative estimate of drug-likeness (QED) is 0.699. The van der Waals surface area contributed by atoms with Gasteiger partial charge < -0.3 is 15.0 Å². The summed E-state index contributed by atoms with van der Waals surface area (Å²) in [6.45, 7) is 6.78. The summed E-state index contributed by atoms with van der Waals surface area (Å²) in [5.74, 6) is 0.751. The summed E-state index contributed by atoms with van der Waals surface area (Å²) < 4.78 is 28.6. The summed E-state index contributed by atoms with van der Waals surface area (Å²) in [5, 5.41) is 3.80. The van der Waals surface area contributed by atoms with E-state index in [1.165, 1.54) is 12.3 Å². The predicted octanol–water partition coefficient (Wildman–Crippen LogP) is 3.32. The van der Waals surface area contributed by atoms with Crippen molar-refractivity contribution in [1.29, 1.82) is 0 Å². The van der Waals surface area contributed by atoms with Gasteiger partial charge >= 0.3 is 0 Å². The number of carbonyl (C=O) groups excluding carboxylic acids is 1. The highest BCUT2D eigenvalue weighted by molar-refractivity contribution is 7.93. The number of aromatic nitrogens is 2. The van der Waals surface area contributed by atoms with Crippen LogP contribution in [0.15, 0.2) is 48.0 Å². The molecule has 0 saturated carbocycles. The van der Waals surface area contributed by atoms with E-state index in [-0.39, 0.29) is 17.0 Å². The third-order valence-corrected chi connectivity index (χ3v) is 5.71. The molecule has 1 amide bonds. The van der Waals surface area contributed by atoms with Crippen LogP contribution in [0.2, 0.25) is 0 Å². The molecule has 1 fully saturated rings. The fraction of sp³-hybridized carbons (Fsp3) is 0.409. The third-order valence-electron chi connectivity index (χ3n) is 5.06. The first-order valence-electron chi connectivity index (χ1n) is 10.1. The molecular formula is C22H28N4O4S. The minimum absolute atomic E-state index is 0.0846. The number of nitrogens with zero attached hydrogens (tertiary/aromatic N) is 3. The van der Waals surface area contributed by atoms with Crippen molar-refractivity contribution in [3.8, 4) is 11.6 Å². The maximum absolute atomic E-state index is 12.9. The molecule has 1 aliphatic rings. The molecule has 1 aromatic carbocycles. The van der Waals surface area contributed by atoms with Gasteiger partial charge in [-0.2, -0.15) is 4.98 Å². The van der Waals surface area contributed by atoms with Crippen LogP contribution in [-0.4, -0.2) is 48.7 Å². The van der Waals surface area contributed by atoms with E-state index >= 15 is 0 Å². The molecule has 1 aromatic heterocycles. The number of ether oxygens (including phenoxy) is 1. The molecule has 3 rings (SSSR count). The molecule has 1 atom stereocenters. The fourth-order valence-corrected chi connectivity index (χ4v) is 3.91. The van der Waals surface area contributed by atoms with Gasteiger partial charge in [-0.3, -0.25) is 4.79 Å². The summed E-state index contributed by atoms with van der Waals surface area (Å²) in [6, 6.07) is 8.58. The van der Waals surface area contributed by atoms with Gasteiger partial charge in [-0.15, -0.1) is 0 Å². The number of para-hydroxylation sites is 1. The van der Waals surface area contributed by atoms with E-state index in [2.05, 4.69) is 34.0 Å². The summed E-state index contributed by atoms with van der Waals surface area (Å²) in [6.07, 6.45) is 6.02. The smallest absolute Gasteiger partial charge is 0.258 e. The van der Waals surface area contributed by atoms with E-state index in [4.69, 9.17) is 4.74 Å². The van der Waals surface area contributed by atoms with Crippen molar-refractivity contribution in [2.75, 3.05) is 17.7 Å². The van der Waals surface area contributed by atoms with Crippen LogP contribution in [-0.2, 0) is 9.84 Å². The van der Waals surface area contributed by atoms with E-state index in [1.807, 2.05) is 18.2 Å². The van der Waals surface area contributed by atoms with Crippen molar-refractivity contribution in [1.82, 2.24) is 15.3 Å². The van der Waals surface area contributed by atoms with Crippen molar-refractivity contribution in [3.63, 3.8) is 0 Å². The van der Waals surface area contributed by atoms with E-state index in [0.717, 1.165) is 31.1 Å². The number of hydrogen-bond donors (Lipinski definition) is 1. The zero-order chi connectivity index (χ0) is 22.6. The first-order chi connectivity index (χ1) is 14.5. The van der Waals surface area contributed by atoms with Crippen LogP contribution in [0, 0.1) is 0 Å². The number of anilines is 1. The summed E-state index contributed by atoms with van der Waals surface area (Å²) >= 11 is 0. The molecule has 0 unspecified atom stereocenters. The Labute approximate surface area is 183 Å². The first kappa shape index (κ1) is 22.7. The second kappa shape index (κ2) is 9.05. The average molecular weight is 445 g/mol. The molecule has 1 aliphatic heterocycles. The molecule has 1 N–H and O–H groups in total. The summed E-state index contributed by atoms with van der Waals surface area (Å²) in [4.78, 5) is 24.0. The average Bonchev–Trinajstić information content (AvgIpc) is 3.05. The Morgan fingerprint density at radius 3 is 2.61 bits per heavy atom. The highest BCUT2D eigenvalue weighted by Crippen LogP contribution is 2.33. The van der Waals surface area contributed by atoms with Crippen molar-refractivity contribution in [3.05, 3.63) is 53.6 Å². The Bertz CT molecular complexity index is 1070. The van der Waals surface area contributed by atoms with Crippen molar-refractivity contribution >= 4 is 21.7 Å². The lowest BCUT2D eigenvalue weighted by atomic mass is 10.0. The number of benzene rings is 1. The van der Waals surface area contributed by atoms with Crippen molar-refractivity contribution in [2.45, 2.75) is 45.2 Å². The molecule has 0 spiro atoms. The van der Waals surface area contributed by atoms with Gasteiger partial charge in [0.05, 0.1) is 0 Å². The molecule has 2 aromatic rings. The highest BCUT2D eigenvalue weighted by Gasteiger charge is 2.34. The van der Waals surface area contributed by atoms with Gasteiger partial charge in [0.15, 0.2) is 9.84 Å². The maximum Gasteiger partial charge on any atom is 0.258 e. The lowest BCUT2D eigenvalue weighted by molar-refractivity contribution is 0.0943. The zero-order valence-corrected chi connectivity index (χ0v) is 19.0. The second-order valence-corrected chi connectivity index (χ2v) is 10.2. The molecule has 31 heavy (non-hydrogen) atoms. The molecule has 0 bridgehead atoms. The Hall–Kier alpha value is -2.94. The molecule has 0 aliphatic carbocycles. The van der Waals surface area contributed by atoms with Crippen LogP contribution in [0.25, 0.3) is 0 Å². The largest absolute Gasteiger partial charge is 0.438 e. The minimum Gasteiger partial charge on any atom is -0.438 e. The highest BCUT2D eigenvalue weighted by atomic mass is 32.2. The standard InChI is InChI=1S/C22H28N4O4S/c1-16(11-14-31(4,28)29)24-19(27)18-15-23-21(26-13-8-12-22(26,2)3)25-20(18)30-17-9-6-5-7-10-17/h5-7,9-11,14-16H,8,12-13H2,1-4H3,(H,24,27)/b14-11+/t16-/m0/s1. The Kier molecular flexibility index (Phi) is 6.64. The SMILES string of the molecule is C[C@@H](/C=C/S(C)(=O)=O)NC(=O)c1cnc(N2CCCC2(C)C)nc1Oc1ccccc1. The lowest BCUT2D eigenvalue weighted by Gasteiger charge is -2.31. The van der Waals surface area contributed by atoms with Gasteiger partial charge in [0.2, 0.25) is 11.8 Å². The molecule has 8 nitrogen and oxygen atoms in total. The van der Waals surface area contributed by atoms with Gasteiger partial charge in [-0.05, 0) is 45.7 Å². The number of nitrogens with one attached hydrogen (secondary N) is 1.